The van der Waals surface area contributed by atoms with Gasteiger partial charge >= 0.3 is 15.6 Å². The van der Waals surface area contributed by atoms with Gasteiger partial charge in [0, 0.05) is 24.2 Å². The molecule has 0 radical (unpaired) electrons. The van der Waals surface area contributed by atoms with Gasteiger partial charge in [-0.1, -0.05) is 31.5 Å². The minimum Gasteiger partial charge on any atom is -0.440 e. The molecular weight excluding hydrogens is 650 g/mol. The van der Waals surface area contributed by atoms with Gasteiger partial charge in [0.15, 0.2) is 17.0 Å². The van der Waals surface area contributed by atoms with Crippen LogP contribution in [0.2, 0.25) is 5.15 Å². The van der Waals surface area contributed by atoms with Crippen molar-refractivity contribution in [1.82, 2.24) is 4.98 Å². The summed E-state index contributed by atoms with van der Waals surface area (Å²) >= 11 is 6.15. The number of anilines is 2. The third kappa shape index (κ3) is 6.66. The Morgan fingerprint density at radius 2 is 1.76 bits per heavy atom. The second kappa shape index (κ2) is 12.1. The maximum atomic E-state index is 14.9. The quantitative estimate of drug-likeness (QED) is 0.0900. The predicted octanol–water partition coefficient (Wildman–Crippen LogP) is 8.29. The molecule has 1 atom stereocenters. The first-order valence-electron chi connectivity index (χ1n) is 14.4. The zero-order valence-electron chi connectivity index (χ0n) is 25.7. The fourth-order valence-electron chi connectivity index (χ4n) is 5.46. The number of aryl methyl sites for hydroxylation is 1. The maximum Gasteiger partial charge on any atom is 0.534 e. The van der Waals surface area contributed by atoms with Crippen molar-refractivity contribution in [3.63, 3.8) is 0 Å². The van der Waals surface area contributed by atoms with E-state index in [0.717, 1.165) is 49.7 Å². The van der Waals surface area contributed by atoms with Gasteiger partial charge in [-0.2, -0.15) is 21.6 Å². The first-order chi connectivity index (χ1) is 21.4. The predicted molar refractivity (Wildman–Crippen MR) is 169 cm³/mol. The number of fused-ring (bicyclic) bond motifs is 1. The van der Waals surface area contributed by atoms with Crippen molar-refractivity contribution >= 4 is 44.3 Å². The van der Waals surface area contributed by atoms with Crippen LogP contribution in [0, 0.1) is 25.1 Å². The lowest BCUT2D eigenvalue weighted by molar-refractivity contribution is -0.0500. The lowest BCUT2D eigenvalue weighted by Gasteiger charge is -2.37. The summed E-state index contributed by atoms with van der Waals surface area (Å²) in [6.07, 6.45) is 1.90. The number of piperidine rings is 1. The molecule has 0 bridgehead atoms. The van der Waals surface area contributed by atoms with Gasteiger partial charge in [-0.15, -0.1) is 0 Å². The van der Waals surface area contributed by atoms with Crippen LogP contribution in [0.1, 0.15) is 56.3 Å². The molecule has 2 aromatic carbocycles. The van der Waals surface area contributed by atoms with Crippen molar-refractivity contribution in [1.29, 1.82) is 0 Å². The van der Waals surface area contributed by atoms with Gasteiger partial charge < -0.3 is 18.8 Å². The van der Waals surface area contributed by atoms with Crippen molar-refractivity contribution in [2.45, 2.75) is 59.0 Å². The highest BCUT2D eigenvalue weighted by atomic mass is 35.5. The number of hydrogen-bond donors (Lipinski definition) is 1. The van der Waals surface area contributed by atoms with Gasteiger partial charge in [0.2, 0.25) is 5.88 Å². The number of halogens is 5. The van der Waals surface area contributed by atoms with Crippen LogP contribution in [-0.4, -0.2) is 32.0 Å². The number of benzene rings is 2. The van der Waals surface area contributed by atoms with E-state index in [0.29, 0.717) is 33.7 Å². The largest absolute Gasteiger partial charge is 0.534 e. The van der Waals surface area contributed by atoms with Gasteiger partial charge in [-0.3, -0.25) is 4.79 Å². The molecule has 0 amide bonds. The number of pyridine rings is 1. The van der Waals surface area contributed by atoms with Crippen LogP contribution in [0.3, 0.4) is 0 Å². The molecule has 5 rings (SSSR count). The smallest absolute Gasteiger partial charge is 0.440 e. The zero-order valence-corrected chi connectivity index (χ0v) is 27.3. The number of rotatable bonds is 7. The Morgan fingerprint density at radius 1 is 1.09 bits per heavy atom. The van der Waals surface area contributed by atoms with Gasteiger partial charge in [-0.25, -0.2) is 9.37 Å². The molecule has 2 aromatic heterocycles. The van der Waals surface area contributed by atoms with E-state index < -0.39 is 33.2 Å². The van der Waals surface area contributed by atoms with Crippen LogP contribution in [0.15, 0.2) is 51.7 Å². The van der Waals surface area contributed by atoms with E-state index in [2.05, 4.69) is 33.2 Å². The molecule has 3 heterocycles. The van der Waals surface area contributed by atoms with E-state index in [-0.39, 0.29) is 27.3 Å². The highest BCUT2D eigenvalue weighted by molar-refractivity contribution is 7.88. The minimum absolute atomic E-state index is 0.0467. The fraction of sp³-hybridized carbons (Fsp3) is 0.375. The van der Waals surface area contributed by atoms with Crippen LogP contribution in [0.4, 0.5) is 29.1 Å². The lowest BCUT2D eigenvalue weighted by atomic mass is 9.82. The Bertz CT molecular complexity index is 1990. The molecule has 1 N–H and O–H groups in total. The molecule has 8 nitrogen and oxygen atoms in total. The summed E-state index contributed by atoms with van der Waals surface area (Å²) in [6.45, 7) is 11.4. The topological polar surface area (TPSA) is 102 Å². The Labute approximate surface area is 268 Å². The highest BCUT2D eigenvalue weighted by Crippen LogP contribution is 2.38. The molecule has 1 saturated heterocycles. The SMILES string of the molecule is Cc1cc([C@@H](C)Nc2ccc(Cl)nc2-c2ccc(OS(=O)(=O)C(F)(F)F)c(F)c2)c2oc(N3CCC(C)(C)CC3)c(C)c(=O)c2c1. The summed E-state index contributed by atoms with van der Waals surface area (Å²) in [6, 6.07) is 9.01. The minimum atomic E-state index is -6.08. The van der Waals surface area contributed by atoms with E-state index in [1.807, 2.05) is 19.9 Å². The van der Waals surface area contributed by atoms with E-state index in [4.69, 9.17) is 16.0 Å². The number of nitrogens with zero attached hydrogens (tertiary/aromatic N) is 2. The number of aromatic nitrogens is 1. The normalized spacial score (nSPS) is 16.0. The molecule has 0 unspecified atom stereocenters. The Morgan fingerprint density at radius 3 is 2.39 bits per heavy atom. The second-order valence-electron chi connectivity index (χ2n) is 12.3. The lowest BCUT2D eigenvalue weighted by Crippen LogP contribution is -2.38. The summed E-state index contributed by atoms with van der Waals surface area (Å²) in [7, 11) is -6.08. The summed E-state index contributed by atoms with van der Waals surface area (Å²) in [5, 5.41) is 3.79. The maximum absolute atomic E-state index is 14.9. The summed E-state index contributed by atoms with van der Waals surface area (Å²) in [5.41, 5.74) is -2.61. The van der Waals surface area contributed by atoms with Gasteiger partial charge in [-0.05, 0) is 81.0 Å². The van der Waals surface area contributed by atoms with Crippen molar-refractivity contribution in [3.05, 3.63) is 80.3 Å². The average molecular weight is 682 g/mol. The molecule has 0 saturated carbocycles. The standard InChI is InChI=1S/C32H32ClF4N3O5S/c1-17-14-21(29-22(15-17)28(41)18(2)30(44-29)40-12-10-31(4,5)11-13-40)19(3)38-24-7-9-26(33)39-27(24)20-6-8-25(23(34)16-20)45-46(42,43)32(35,36)37/h6-9,14-16,19,38H,10-13H2,1-5H3/t19-/m1/s1. The Balaban J connectivity index is 1.52. The first kappa shape index (κ1) is 33.5. The Kier molecular flexibility index (Phi) is 8.80. The molecule has 1 aliphatic rings. The van der Waals surface area contributed by atoms with Crippen LogP contribution in [-0.2, 0) is 10.1 Å². The summed E-state index contributed by atoms with van der Waals surface area (Å²) in [4.78, 5) is 20.0. The molecule has 46 heavy (non-hydrogen) atoms. The zero-order chi connectivity index (χ0) is 33.8. The second-order valence-corrected chi connectivity index (χ2v) is 14.2. The van der Waals surface area contributed by atoms with E-state index in [9.17, 15) is 30.8 Å². The van der Waals surface area contributed by atoms with Crippen LogP contribution in [0.5, 0.6) is 5.75 Å². The van der Waals surface area contributed by atoms with Crippen molar-refractivity contribution in [2.24, 2.45) is 5.41 Å². The average Bonchev–Trinajstić information content (AvgIpc) is 2.96. The molecule has 0 spiro atoms. The van der Waals surface area contributed by atoms with E-state index in [1.54, 1.807) is 19.1 Å². The first-order valence-corrected chi connectivity index (χ1v) is 16.2. The molecule has 1 fully saturated rings. The number of hydrogen-bond acceptors (Lipinski definition) is 8. The third-order valence-corrected chi connectivity index (χ3v) is 9.34. The Hall–Kier alpha value is -3.84. The molecule has 4 aromatic rings. The third-order valence-electron chi connectivity index (χ3n) is 8.16. The summed E-state index contributed by atoms with van der Waals surface area (Å²) < 4.78 is 86.4. The summed E-state index contributed by atoms with van der Waals surface area (Å²) in [5.74, 6) is -1.96. The monoisotopic (exact) mass is 681 g/mol. The van der Waals surface area contributed by atoms with Crippen molar-refractivity contribution in [3.8, 4) is 17.0 Å². The molecule has 14 heteroatoms. The van der Waals surface area contributed by atoms with Gasteiger partial charge in [0.25, 0.3) is 0 Å². The van der Waals surface area contributed by atoms with Crippen LogP contribution >= 0.6 is 11.6 Å². The molecule has 0 aliphatic carbocycles. The highest BCUT2D eigenvalue weighted by Gasteiger charge is 2.49. The van der Waals surface area contributed by atoms with E-state index in [1.165, 1.54) is 6.07 Å². The number of alkyl halides is 3. The molecule has 1 aliphatic heterocycles. The number of nitrogens with one attached hydrogen (secondary N) is 1. The van der Waals surface area contributed by atoms with Gasteiger partial charge in [0.1, 0.15) is 10.7 Å². The molecular formula is C32H32ClF4N3O5S. The van der Waals surface area contributed by atoms with Crippen LogP contribution < -0.4 is 19.8 Å². The van der Waals surface area contributed by atoms with Crippen molar-refractivity contribution < 1.29 is 34.6 Å². The van der Waals surface area contributed by atoms with Crippen LogP contribution in [0.25, 0.3) is 22.2 Å². The molecule has 246 valence electrons. The van der Waals surface area contributed by atoms with Gasteiger partial charge in [0.05, 0.1) is 28.4 Å². The fourth-order valence-corrected chi connectivity index (χ4v) is 6.07. The van der Waals surface area contributed by atoms with E-state index >= 15 is 0 Å². The van der Waals surface area contributed by atoms with Crippen molar-refractivity contribution in [2.75, 3.05) is 23.3 Å².